The molecule has 3 aromatic carbocycles. The Kier molecular flexibility index (Phi) is 6.11. The minimum atomic E-state index is -3.66. The highest BCUT2D eigenvalue weighted by Gasteiger charge is 2.15. The second-order valence-corrected chi connectivity index (χ2v) is 9.63. The summed E-state index contributed by atoms with van der Waals surface area (Å²) in [5, 5.41) is 16.6. The highest BCUT2D eigenvalue weighted by atomic mass is 32.2. The highest BCUT2D eigenvalue weighted by molar-refractivity contribution is 7.98. The Morgan fingerprint density at radius 3 is 2.06 bits per heavy atom. The minimum Gasteiger partial charge on any atom is -0.420 e. The lowest BCUT2D eigenvalue weighted by molar-refractivity contribution is 0.464. The number of nitrogens with zero attached hydrogens (tertiary/aromatic N) is 4. The number of nitrogens with one attached hydrogen (secondary N) is 1. The third-order valence-corrected chi connectivity index (χ3v) is 6.85. The van der Waals surface area contributed by atoms with Crippen LogP contribution in [0.3, 0.4) is 0 Å². The van der Waals surface area contributed by atoms with Gasteiger partial charge in [0.15, 0.2) is 0 Å². The second kappa shape index (κ2) is 9.49. The van der Waals surface area contributed by atoms with Crippen molar-refractivity contribution in [1.29, 1.82) is 0 Å². The Labute approximate surface area is 199 Å². The quantitative estimate of drug-likeness (QED) is 0.302. The van der Waals surface area contributed by atoms with Crippen LogP contribution in [-0.2, 0) is 15.8 Å². The first-order chi connectivity index (χ1) is 16.6. The Hall–Kier alpha value is -3.96. The van der Waals surface area contributed by atoms with E-state index in [2.05, 4.69) is 25.1 Å². The molecular formula is C23H17N5O4S2. The van der Waals surface area contributed by atoms with E-state index in [1.165, 1.54) is 23.9 Å². The van der Waals surface area contributed by atoms with Crippen LogP contribution >= 0.6 is 11.8 Å². The van der Waals surface area contributed by atoms with Gasteiger partial charge in [0.1, 0.15) is 0 Å². The summed E-state index contributed by atoms with van der Waals surface area (Å²) in [6.45, 7) is 0. The molecule has 0 spiro atoms. The second-order valence-electron chi connectivity index (χ2n) is 7.02. The lowest BCUT2D eigenvalue weighted by Gasteiger charge is -2.08. The Morgan fingerprint density at radius 2 is 1.32 bits per heavy atom. The smallest absolute Gasteiger partial charge is 0.277 e. The van der Waals surface area contributed by atoms with Crippen molar-refractivity contribution in [2.24, 2.45) is 0 Å². The molecule has 0 saturated heterocycles. The van der Waals surface area contributed by atoms with E-state index in [4.69, 9.17) is 8.83 Å². The molecule has 0 saturated carbocycles. The monoisotopic (exact) mass is 491 g/mol. The van der Waals surface area contributed by atoms with Crippen LogP contribution in [0.25, 0.3) is 22.9 Å². The largest absolute Gasteiger partial charge is 0.420 e. The van der Waals surface area contributed by atoms with Crippen LogP contribution in [0.2, 0.25) is 0 Å². The van der Waals surface area contributed by atoms with Crippen molar-refractivity contribution >= 4 is 27.5 Å². The predicted molar refractivity (Wildman–Crippen MR) is 126 cm³/mol. The molecule has 0 unspecified atom stereocenters. The van der Waals surface area contributed by atoms with Crippen molar-refractivity contribution in [3.05, 3.63) is 90.8 Å². The zero-order valence-corrected chi connectivity index (χ0v) is 19.2. The molecule has 9 nitrogen and oxygen atoms in total. The molecule has 2 heterocycles. The average molecular weight is 492 g/mol. The van der Waals surface area contributed by atoms with Crippen LogP contribution in [0.15, 0.2) is 104 Å². The number of anilines is 1. The molecule has 5 rings (SSSR count). The predicted octanol–water partition coefficient (Wildman–Crippen LogP) is 4.88. The van der Waals surface area contributed by atoms with E-state index in [9.17, 15) is 8.42 Å². The fraction of sp³-hybridized carbons (Fsp3) is 0.0435. The lowest BCUT2D eigenvalue weighted by Crippen LogP contribution is -2.12. The fourth-order valence-electron chi connectivity index (χ4n) is 3.01. The zero-order valence-electron chi connectivity index (χ0n) is 17.5. The number of thioether (sulfide) groups is 1. The molecule has 170 valence electrons. The Morgan fingerprint density at radius 1 is 0.706 bits per heavy atom. The Balaban J connectivity index is 1.21. The molecule has 0 aliphatic carbocycles. The molecule has 0 amide bonds. The van der Waals surface area contributed by atoms with E-state index < -0.39 is 10.0 Å². The highest BCUT2D eigenvalue weighted by Crippen LogP contribution is 2.27. The van der Waals surface area contributed by atoms with Gasteiger partial charge in [-0.15, -0.1) is 20.4 Å². The van der Waals surface area contributed by atoms with E-state index in [1.54, 1.807) is 42.5 Å². The van der Waals surface area contributed by atoms with E-state index in [-0.39, 0.29) is 4.90 Å². The van der Waals surface area contributed by atoms with Crippen LogP contribution in [-0.4, -0.2) is 28.8 Å². The van der Waals surface area contributed by atoms with E-state index in [0.29, 0.717) is 39.9 Å². The van der Waals surface area contributed by atoms with Crippen LogP contribution in [0.5, 0.6) is 0 Å². The maximum atomic E-state index is 12.5. The molecule has 0 radical (unpaired) electrons. The molecule has 0 aliphatic heterocycles. The van der Waals surface area contributed by atoms with Gasteiger partial charge in [-0.05, 0) is 48.5 Å². The lowest BCUT2D eigenvalue weighted by atomic mass is 10.2. The van der Waals surface area contributed by atoms with Crippen LogP contribution < -0.4 is 4.72 Å². The molecule has 1 N–H and O–H groups in total. The van der Waals surface area contributed by atoms with Gasteiger partial charge in [0.2, 0.25) is 17.7 Å². The van der Waals surface area contributed by atoms with Gasteiger partial charge in [-0.25, -0.2) is 8.42 Å². The van der Waals surface area contributed by atoms with Crippen LogP contribution in [0.1, 0.15) is 5.89 Å². The summed E-state index contributed by atoms with van der Waals surface area (Å²) in [5.41, 5.74) is 1.93. The maximum Gasteiger partial charge on any atom is 0.277 e. The van der Waals surface area contributed by atoms with Crippen molar-refractivity contribution in [1.82, 2.24) is 20.4 Å². The first-order valence-corrected chi connectivity index (χ1v) is 12.6. The van der Waals surface area contributed by atoms with Crippen LogP contribution in [0, 0.1) is 0 Å². The van der Waals surface area contributed by atoms with Gasteiger partial charge in [-0.1, -0.05) is 48.2 Å². The third kappa shape index (κ3) is 5.00. The summed E-state index contributed by atoms with van der Waals surface area (Å²) in [4.78, 5) is 0.190. The summed E-state index contributed by atoms with van der Waals surface area (Å²) in [6, 6.07) is 24.4. The molecule has 0 aliphatic rings. The first kappa shape index (κ1) is 21.9. The van der Waals surface area contributed by atoms with Gasteiger partial charge in [-0.2, -0.15) is 0 Å². The SMILES string of the molecule is O=S(=O)(Nc1ccc(-c2nnc(SCc3nnc(-c4ccccc4)o3)o2)cc1)c1ccccc1. The van der Waals surface area contributed by atoms with Crippen molar-refractivity contribution in [3.63, 3.8) is 0 Å². The van der Waals surface area contributed by atoms with Gasteiger partial charge in [-0.3, -0.25) is 4.72 Å². The van der Waals surface area contributed by atoms with E-state index >= 15 is 0 Å². The Bertz CT molecular complexity index is 1490. The molecule has 0 fully saturated rings. The minimum absolute atomic E-state index is 0.190. The standard InChI is InChI=1S/C23H17N5O4S2/c29-34(30,19-9-5-2-6-10-19)28-18-13-11-17(12-14-18)22-26-27-23(32-22)33-15-20-24-25-21(31-20)16-7-3-1-4-8-16/h1-14,28H,15H2. The molecule has 2 aromatic heterocycles. The van der Waals surface area contributed by atoms with E-state index in [0.717, 1.165) is 5.56 Å². The number of sulfonamides is 1. The number of aromatic nitrogens is 4. The average Bonchev–Trinajstić information content (AvgIpc) is 3.54. The van der Waals surface area contributed by atoms with Gasteiger partial charge in [0, 0.05) is 16.8 Å². The topological polar surface area (TPSA) is 124 Å². The van der Waals surface area contributed by atoms with Crippen molar-refractivity contribution in [2.75, 3.05) is 4.72 Å². The summed E-state index contributed by atoms with van der Waals surface area (Å²) >= 11 is 1.28. The van der Waals surface area contributed by atoms with Crippen LogP contribution in [0.4, 0.5) is 5.69 Å². The van der Waals surface area contributed by atoms with Gasteiger partial charge < -0.3 is 8.83 Å². The normalized spacial score (nSPS) is 11.4. The summed E-state index contributed by atoms with van der Waals surface area (Å²) in [7, 11) is -3.66. The molecule has 0 atom stereocenters. The third-order valence-electron chi connectivity index (χ3n) is 4.65. The van der Waals surface area contributed by atoms with Crippen molar-refractivity contribution in [2.45, 2.75) is 15.9 Å². The maximum absolute atomic E-state index is 12.5. The molecule has 34 heavy (non-hydrogen) atoms. The van der Waals surface area contributed by atoms with Crippen molar-refractivity contribution in [3.8, 4) is 22.9 Å². The number of benzene rings is 3. The molecule has 0 bridgehead atoms. The summed E-state index contributed by atoms with van der Waals surface area (Å²) in [6.07, 6.45) is 0. The molecular weight excluding hydrogens is 474 g/mol. The zero-order chi connectivity index (χ0) is 23.4. The summed E-state index contributed by atoms with van der Waals surface area (Å²) in [5.74, 6) is 1.58. The van der Waals surface area contributed by atoms with Gasteiger partial charge in [0.05, 0.1) is 10.6 Å². The fourth-order valence-corrected chi connectivity index (χ4v) is 4.69. The van der Waals surface area contributed by atoms with Gasteiger partial charge in [0.25, 0.3) is 15.2 Å². The van der Waals surface area contributed by atoms with Gasteiger partial charge >= 0.3 is 0 Å². The number of hydrogen-bond acceptors (Lipinski definition) is 9. The van der Waals surface area contributed by atoms with E-state index in [1.807, 2.05) is 30.3 Å². The molecule has 5 aromatic rings. The molecule has 11 heteroatoms. The summed E-state index contributed by atoms with van der Waals surface area (Å²) < 4.78 is 38.9. The number of hydrogen-bond donors (Lipinski definition) is 1. The number of rotatable bonds is 8. The van der Waals surface area contributed by atoms with Crippen molar-refractivity contribution < 1.29 is 17.3 Å². The first-order valence-electron chi connectivity index (χ1n) is 10.1.